The van der Waals surface area contributed by atoms with Crippen molar-refractivity contribution in [1.29, 1.82) is 0 Å². The fraction of sp³-hybridized carbons (Fsp3) is 0.690. The Kier molecular flexibility index (Phi) is 25.0. The molecule has 0 spiro atoms. The van der Waals surface area contributed by atoms with E-state index in [2.05, 4.69) is 342 Å². The summed E-state index contributed by atoms with van der Waals surface area (Å²) in [6.07, 6.45) is 0. The summed E-state index contributed by atoms with van der Waals surface area (Å²) in [6.45, 7) is 121. The number of aryl methyl sites for hydroxylation is 1. The van der Waals surface area contributed by atoms with E-state index in [9.17, 15) is 0 Å². The molecule has 0 fully saturated rings. The van der Waals surface area contributed by atoms with E-state index in [1.54, 1.807) is 0 Å². The third-order valence-corrected chi connectivity index (χ3v) is 108. The molecule has 0 aliphatic heterocycles. The molecule has 1 heterocycles. The first kappa shape index (κ1) is 81.8. The van der Waals surface area contributed by atoms with Crippen molar-refractivity contribution < 1.29 is 0 Å². The van der Waals surface area contributed by atoms with E-state index in [1.165, 1.54) is 5.56 Å². The lowest BCUT2D eigenvalue weighted by Gasteiger charge is -2.60. The van der Waals surface area contributed by atoms with Crippen molar-refractivity contribution >= 4 is 129 Å². The Morgan fingerprint density at radius 2 is 0.425 bits per heavy atom. The lowest BCUT2D eigenvalue weighted by Crippen LogP contribution is -2.74. The average Bonchev–Trinajstić information content (AvgIpc) is 0.716. The molecule has 0 bridgehead atoms. The Balaban J connectivity index is 0.00000263. The SMILES string of the molecule is C[Si](C)(C)C(c1cc(C([Si](C)(C)C)([Si](C)(C)C)[Si](C)(C)C)cc(C([Si](C)(C)C)[Si](C)(C)C)c1-[si]1cccc[si]1-c1c(C([Si](C)(C)C)[Si](C)(C)C)cc(C([Si](C)(C)C)([Si](C)(C)C)[Si](C)(C)C)cc1C([Si](C)(C)C)[Si](C)(C)C)[Si](C)(C)C.Cc1ccccc1. The minimum atomic E-state index is -1.86. The molecule has 0 atom stereocenters. The Hall–Kier alpha value is 0.610. The third kappa shape index (κ3) is 17.2. The molecule has 0 saturated heterocycles. The minimum absolute atomic E-state index is 0.310. The van der Waals surface area contributed by atoms with Crippen LogP contribution in [0.5, 0.6) is 0 Å². The van der Waals surface area contributed by atoms with E-state index in [0.29, 0.717) is 29.2 Å². The highest BCUT2D eigenvalue weighted by molar-refractivity contribution is 7.16. The van der Waals surface area contributed by atoms with Gasteiger partial charge >= 0.3 is 0 Å². The van der Waals surface area contributed by atoms with Crippen molar-refractivity contribution in [2.24, 2.45) is 0 Å². The van der Waals surface area contributed by atoms with Crippen LogP contribution in [-0.2, 0) is 8.57 Å². The van der Waals surface area contributed by atoms with Crippen molar-refractivity contribution in [3.05, 3.63) is 117 Å². The maximum Gasteiger partial charge on any atom is 0.0604 e. The smallest absolute Gasteiger partial charge is 0.0604 e. The highest BCUT2D eigenvalue weighted by Gasteiger charge is 2.63. The summed E-state index contributed by atoms with van der Waals surface area (Å²) in [5.74, 6) is 0. The largest absolute Gasteiger partial charge is 0.0767 e. The lowest BCUT2D eigenvalue weighted by atomic mass is 10.1. The molecule has 0 saturated carbocycles. The predicted molar refractivity (Wildman–Crippen MR) is 453 cm³/mol. The lowest BCUT2D eigenvalue weighted by molar-refractivity contribution is 0.992. The summed E-state index contributed by atoms with van der Waals surface area (Å²) in [6, 6.07) is 28.1. The summed E-state index contributed by atoms with van der Waals surface area (Å²) in [5, 5.41) is 6.69. The molecule has 87 heavy (non-hydrogen) atoms. The van der Waals surface area contributed by atoms with E-state index in [4.69, 9.17) is 0 Å². The van der Waals surface area contributed by atoms with Gasteiger partial charge in [0.15, 0.2) is 0 Å². The second-order valence-corrected chi connectivity index (χ2v) is 129. The molecular formula is C71H146Si16. The molecule has 0 unspecified atom stereocenters. The summed E-state index contributed by atoms with van der Waals surface area (Å²) in [4.78, 5) is 0. The maximum absolute atomic E-state index is 3.15. The summed E-state index contributed by atoms with van der Waals surface area (Å²) in [7, 11) is -28.5. The van der Waals surface area contributed by atoms with Gasteiger partial charge in [-0.25, -0.2) is 0 Å². The second kappa shape index (κ2) is 26.6. The van der Waals surface area contributed by atoms with Gasteiger partial charge in [0.25, 0.3) is 0 Å². The quantitative estimate of drug-likeness (QED) is 0.0688. The van der Waals surface area contributed by atoms with Crippen LogP contribution in [0.15, 0.2) is 78.1 Å². The van der Waals surface area contributed by atoms with Crippen molar-refractivity contribution in [3.63, 3.8) is 0 Å². The first-order chi connectivity index (χ1) is 38.0. The summed E-state index contributed by atoms with van der Waals surface area (Å²) in [5.41, 5.74) is 18.8. The summed E-state index contributed by atoms with van der Waals surface area (Å²) < 4.78 is 0.621. The molecule has 16 heteroatoms. The molecular weight excluding hydrogens is 1300 g/mol. The molecule has 4 aromatic rings. The molecule has 3 aromatic carbocycles. The van der Waals surface area contributed by atoms with Crippen LogP contribution in [0.3, 0.4) is 0 Å². The van der Waals surface area contributed by atoms with Gasteiger partial charge in [0.2, 0.25) is 0 Å². The fourth-order valence-electron chi connectivity index (χ4n) is 23.1. The standard InChI is InChI=1S/C64H138Si16.C7H8/c1-67(2,3)59(68(4,5)6)53-47-51(63(75(25,26)27,76(28,29)30)77(31,32)33)48-54(60(69(7,8)9)70(10,11)12)57(53)65-45-43-44-46-66(65)58-55(61(71(13,14)15)72(16,17)18)49-52(50-56(58)62(73(19,20)21)74(22,23)24)64(78(34,35)36,79(37,38)39)80(40,41)42;1-7-5-3-2-4-6-7/h43-50,59-62H,1-42H3;2-6H,1H3. The van der Waals surface area contributed by atoms with E-state index >= 15 is 0 Å². The third-order valence-electron chi connectivity index (χ3n) is 20.6. The van der Waals surface area contributed by atoms with Gasteiger partial charge in [-0.2, -0.15) is 0 Å². The Morgan fingerprint density at radius 1 is 0.253 bits per heavy atom. The zero-order valence-corrected chi connectivity index (χ0v) is 82.3. The molecule has 0 nitrogen and oxygen atoms in total. The molecule has 494 valence electrons. The number of rotatable bonds is 22. The van der Waals surface area contributed by atoms with Crippen LogP contribution >= 0.6 is 0 Å². The molecule has 4 rings (SSSR count). The Bertz CT molecular complexity index is 2550. The highest BCUT2D eigenvalue weighted by Crippen LogP contribution is 2.57. The Labute approximate surface area is 562 Å². The van der Waals surface area contributed by atoms with Gasteiger partial charge in [-0.1, -0.05) is 359 Å². The van der Waals surface area contributed by atoms with Gasteiger partial charge < -0.3 is 0 Å². The maximum atomic E-state index is 3.15. The van der Waals surface area contributed by atoms with E-state index in [-0.39, 0.29) is 0 Å². The minimum Gasteiger partial charge on any atom is -0.0767 e. The van der Waals surface area contributed by atoms with Gasteiger partial charge in [0, 0.05) is 113 Å². The Morgan fingerprint density at radius 3 is 0.552 bits per heavy atom. The van der Waals surface area contributed by atoms with Crippen LogP contribution < -0.4 is 0 Å². The zero-order valence-electron chi connectivity index (χ0n) is 66.3. The van der Waals surface area contributed by atoms with Gasteiger partial charge in [-0.3, -0.25) is 0 Å². The van der Waals surface area contributed by atoms with Crippen LogP contribution in [0.4, 0.5) is 0 Å². The molecule has 0 aliphatic rings. The first-order valence-electron chi connectivity index (χ1n) is 34.5. The highest BCUT2D eigenvalue weighted by atomic mass is 29.0. The number of hydrogen-bond acceptors (Lipinski definition) is 0. The van der Waals surface area contributed by atoms with Crippen molar-refractivity contribution in [2.45, 2.75) is 311 Å². The van der Waals surface area contributed by atoms with Crippen LogP contribution in [0.25, 0.3) is 10.4 Å². The van der Waals surface area contributed by atoms with E-state index in [1.807, 2.05) is 62.0 Å². The predicted octanol–water partition coefficient (Wildman–Crippen LogP) is 24.8. The van der Waals surface area contributed by atoms with Crippen molar-refractivity contribution in [3.8, 4) is 10.4 Å². The first-order valence-corrected chi connectivity index (χ1v) is 88.3. The monoisotopic (exact) mass is 1450 g/mol. The van der Waals surface area contributed by atoms with Gasteiger partial charge in [-0.15, -0.1) is 0 Å². The number of benzene rings is 3. The molecule has 0 radical (unpaired) electrons. The molecule has 0 amide bonds. The van der Waals surface area contributed by atoms with E-state index < -0.39 is 129 Å². The van der Waals surface area contributed by atoms with Gasteiger partial charge in [-0.05, 0) is 79.9 Å². The average molecular weight is 1450 g/mol. The molecule has 0 aliphatic carbocycles. The van der Waals surface area contributed by atoms with Gasteiger partial charge in [0.05, 0.1) is 15.8 Å². The van der Waals surface area contributed by atoms with Crippen molar-refractivity contribution in [1.82, 2.24) is 0 Å². The summed E-state index contributed by atoms with van der Waals surface area (Å²) >= 11 is 0. The van der Waals surface area contributed by atoms with Crippen LogP contribution in [-0.4, -0.2) is 129 Å². The van der Waals surface area contributed by atoms with Crippen LogP contribution in [0.2, 0.25) is 275 Å². The van der Waals surface area contributed by atoms with Crippen LogP contribution in [0.1, 0.15) is 59.6 Å². The normalized spacial score (nSPS) is 15.0. The molecule has 1 aromatic heterocycles. The van der Waals surface area contributed by atoms with E-state index in [0.717, 1.165) is 0 Å². The van der Waals surface area contributed by atoms with Crippen molar-refractivity contribution in [2.75, 3.05) is 0 Å². The van der Waals surface area contributed by atoms with Gasteiger partial charge in [0.1, 0.15) is 0 Å². The fourth-order valence-corrected chi connectivity index (χ4v) is 144. The number of hydrogen-bond donors (Lipinski definition) is 0. The molecule has 0 N–H and O–H groups in total. The topological polar surface area (TPSA) is 0 Å². The second-order valence-electron chi connectivity index (χ2n) is 42.9. The zero-order chi connectivity index (χ0) is 68.9. The van der Waals surface area contributed by atoms with Crippen LogP contribution in [0, 0.1) is 6.92 Å².